The average Bonchev–Trinajstić information content (AvgIpc) is 2.61. The predicted octanol–water partition coefficient (Wildman–Crippen LogP) is 3.44. The van der Waals surface area contributed by atoms with E-state index in [0.29, 0.717) is 11.1 Å². The Bertz CT molecular complexity index is 309. The average molecular weight is 305 g/mol. The number of thioether (sulfide) groups is 1. The van der Waals surface area contributed by atoms with Gasteiger partial charge in [-0.2, -0.15) is 0 Å². The van der Waals surface area contributed by atoms with Crippen LogP contribution < -0.4 is 11.1 Å². The van der Waals surface area contributed by atoms with E-state index in [4.69, 9.17) is 17.3 Å². The number of alkyl halides is 1. The Kier molecular flexibility index (Phi) is 5.14. The second-order valence-corrected chi connectivity index (χ2v) is 8.44. The third-order valence-corrected chi connectivity index (χ3v) is 8.32. The molecule has 0 aromatic heterocycles. The van der Waals surface area contributed by atoms with Gasteiger partial charge in [-0.3, -0.25) is 0 Å². The Balaban J connectivity index is 2.19. The van der Waals surface area contributed by atoms with Crippen molar-refractivity contribution in [3.05, 3.63) is 0 Å². The van der Waals surface area contributed by atoms with Gasteiger partial charge >= 0.3 is 0 Å². The molecule has 0 saturated carbocycles. The van der Waals surface area contributed by atoms with Crippen LogP contribution in [0.3, 0.4) is 0 Å². The summed E-state index contributed by atoms with van der Waals surface area (Å²) in [6, 6.07) is 0. The molecule has 4 atom stereocenters. The maximum Gasteiger partial charge on any atom is 0.0581 e. The highest BCUT2D eigenvalue weighted by Crippen LogP contribution is 2.62. The van der Waals surface area contributed by atoms with Crippen LogP contribution in [0.15, 0.2) is 0 Å². The van der Waals surface area contributed by atoms with Crippen molar-refractivity contribution < 1.29 is 0 Å². The molecule has 0 aliphatic carbocycles. The summed E-state index contributed by atoms with van der Waals surface area (Å²) in [4.78, 5) is 0. The van der Waals surface area contributed by atoms with Crippen LogP contribution in [0.25, 0.3) is 0 Å². The molecule has 2 aliphatic rings. The molecule has 0 spiro atoms. The molecule has 0 aromatic carbocycles. The first-order chi connectivity index (χ1) is 8.98. The maximum atomic E-state index is 6.44. The van der Waals surface area contributed by atoms with E-state index in [1.54, 1.807) is 0 Å². The molecule has 2 aliphatic heterocycles. The van der Waals surface area contributed by atoms with Crippen LogP contribution in [-0.2, 0) is 0 Å². The van der Waals surface area contributed by atoms with E-state index in [9.17, 15) is 0 Å². The van der Waals surface area contributed by atoms with Gasteiger partial charge in [0.25, 0.3) is 0 Å². The lowest BCUT2D eigenvalue weighted by molar-refractivity contribution is 0.0648. The van der Waals surface area contributed by atoms with Crippen molar-refractivity contribution in [2.75, 3.05) is 19.0 Å². The number of nitrogens with one attached hydrogen (secondary N) is 1. The highest BCUT2D eigenvalue weighted by molar-refractivity contribution is 8.00. The van der Waals surface area contributed by atoms with Crippen molar-refractivity contribution in [1.82, 2.24) is 5.32 Å². The van der Waals surface area contributed by atoms with Gasteiger partial charge < -0.3 is 11.1 Å². The quantitative estimate of drug-likeness (QED) is 0.781. The molecule has 0 amide bonds. The van der Waals surface area contributed by atoms with Crippen molar-refractivity contribution in [2.24, 2.45) is 22.5 Å². The summed E-state index contributed by atoms with van der Waals surface area (Å²) < 4.78 is 0. The molecule has 0 bridgehead atoms. The standard InChI is InChI=1S/C15H29ClN2S/c1-4-12-14(2,9-11-5-7-18-8-6-11)15(3,10-16)13(17)19-12/h11-13,18H,4-10,17H2,1-3H3. The zero-order chi connectivity index (χ0) is 14.1. The maximum absolute atomic E-state index is 6.44. The first-order valence-electron chi connectivity index (χ1n) is 7.65. The van der Waals surface area contributed by atoms with Gasteiger partial charge in [0.1, 0.15) is 0 Å². The molecule has 0 radical (unpaired) electrons. The lowest BCUT2D eigenvalue weighted by atomic mass is 9.60. The molecular formula is C15H29ClN2S. The van der Waals surface area contributed by atoms with Crippen molar-refractivity contribution in [3.8, 4) is 0 Å². The topological polar surface area (TPSA) is 38.0 Å². The molecule has 2 heterocycles. The SMILES string of the molecule is CCC1SC(N)C(C)(CCl)C1(C)CC1CCNCC1. The van der Waals surface area contributed by atoms with Crippen molar-refractivity contribution in [1.29, 1.82) is 0 Å². The fraction of sp³-hybridized carbons (Fsp3) is 1.00. The van der Waals surface area contributed by atoms with Crippen molar-refractivity contribution in [3.63, 3.8) is 0 Å². The minimum absolute atomic E-state index is 0.0603. The van der Waals surface area contributed by atoms with Gasteiger partial charge in [0, 0.05) is 16.5 Å². The Labute approximate surface area is 127 Å². The van der Waals surface area contributed by atoms with E-state index in [-0.39, 0.29) is 16.2 Å². The molecule has 4 heteroatoms. The third kappa shape index (κ3) is 2.68. The predicted molar refractivity (Wildman–Crippen MR) is 86.8 cm³/mol. The zero-order valence-corrected chi connectivity index (χ0v) is 14.1. The molecule has 2 rings (SSSR count). The molecule has 112 valence electrons. The first-order valence-corrected chi connectivity index (χ1v) is 9.13. The zero-order valence-electron chi connectivity index (χ0n) is 12.5. The van der Waals surface area contributed by atoms with Gasteiger partial charge in [0.2, 0.25) is 0 Å². The van der Waals surface area contributed by atoms with E-state index in [1.165, 1.54) is 38.8 Å². The smallest absolute Gasteiger partial charge is 0.0581 e. The minimum Gasteiger partial charge on any atom is -0.319 e. The number of rotatable bonds is 4. The van der Waals surface area contributed by atoms with Crippen LogP contribution in [0, 0.1) is 16.7 Å². The molecule has 4 unspecified atom stereocenters. The largest absolute Gasteiger partial charge is 0.319 e. The summed E-state index contributed by atoms with van der Waals surface area (Å²) in [6.07, 6.45) is 5.11. The van der Waals surface area contributed by atoms with E-state index in [0.717, 1.165) is 5.92 Å². The Morgan fingerprint density at radius 1 is 1.26 bits per heavy atom. The summed E-state index contributed by atoms with van der Waals surface area (Å²) in [6.45, 7) is 9.41. The fourth-order valence-corrected chi connectivity index (χ4v) is 6.42. The summed E-state index contributed by atoms with van der Waals surface area (Å²) >= 11 is 8.33. The monoisotopic (exact) mass is 304 g/mol. The van der Waals surface area contributed by atoms with Gasteiger partial charge in [-0.05, 0) is 50.1 Å². The van der Waals surface area contributed by atoms with Crippen molar-refractivity contribution in [2.45, 2.75) is 57.1 Å². The van der Waals surface area contributed by atoms with Gasteiger partial charge in [-0.1, -0.05) is 20.8 Å². The highest BCUT2D eigenvalue weighted by Gasteiger charge is 2.58. The van der Waals surface area contributed by atoms with Gasteiger partial charge in [0.15, 0.2) is 0 Å². The lowest BCUT2D eigenvalue weighted by Gasteiger charge is -2.46. The van der Waals surface area contributed by atoms with Crippen LogP contribution in [0.5, 0.6) is 0 Å². The number of halogens is 1. The van der Waals surface area contributed by atoms with Gasteiger partial charge in [0.05, 0.1) is 5.37 Å². The van der Waals surface area contributed by atoms with Crippen LogP contribution in [0.1, 0.15) is 46.5 Å². The Morgan fingerprint density at radius 3 is 2.42 bits per heavy atom. The normalized spacial score (nSPS) is 44.7. The molecule has 19 heavy (non-hydrogen) atoms. The number of hydrogen-bond acceptors (Lipinski definition) is 3. The third-order valence-electron chi connectivity index (χ3n) is 5.77. The van der Waals surface area contributed by atoms with E-state index < -0.39 is 0 Å². The number of piperidine rings is 1. The number of nitrogens with two attached hydrogens (primary N) is 1. The Morgan fingerprint density at radius 2 is 1.89 bits per heavy atom. The summed E-state index contributed by atoms with van der Waals surface area (Å²) in [5.74, 6) is 1.52. The number of hydrogen-bond donors (Lipinski definition) is 2. The van der Waals surface area contributed by atoms with Crippen LogP contribution >= 0.6 is 23.4 Å². The second kappa shape index (κ2) is 6.13. The highest BCUT2D eigenvalue weighted by atomic mass is 35.5. The Hall–Kier alpha value is 0.560. The molecule has 2 fully saturated rings. The molecular weight excluding hydrogens is 276 g/mol. The van der Waals surface area contributed by atoms with Crippen LogP contribution in [0.4, 0.5) is 0 Å². The van der Waals surface area contributed by atoms with E-state index >= 15 is 0 Å². The van der Waals surface area contributed by atoms with Gasteiger partial charge in [-0.15, -0.1) is 23.4 Å². The van der Waals surface area contributed by atoms with E-state index in [2.05, 4.69) is 26.1 Å². The fourth-order valence-electron chi connectivity index (χ4n) is 4.00. The lowest BCUT2D eigenvalue weighted by Crippen LogP contribution is -2.49. The molecule has 2 saturated heterocycles. The first kappa shape index (κ1) is 15.9. The van der Waals surface area contributed by atoms with E-state index in [1.807, 2.05) is 11.8 Å². The molecule has 0 aromatic rings. The summed E-state index contributed by atoms with van der Waals surface area (Å²) in [7, 11) is 0. The summed E-state index contributed by atoms with van der Waals surface area (Å²) in [5.41, 5.74) is 6.77. The van der Waals surface area contributed by atoms with Crippen LogP contribution in [-0.4, -0.2) is 29.6 Å². The van der Waals surface area contributed by atoms with Crippen molar-refractivity contribution >= 4 is 23.4 Å². The summed E-state index contributed by atoms with van der Waals surface area (Å²) in [5, 5.41) is 4.30. The second-order valence-electron chi connectivity index (χ2n) is 6.82. The molecule has 3 N–H and O–H groups in total. The van der Waals surface area contributed by atoms with Crippen LogP contribution in [0.2, 0.25) is 0 Å². The minimum atomic E-state index is 0.0603. The van der Waals surface area contributed by atoms with Gasteiger partial charge in [-0.25, -0.2) is 0 Å². The molecule has 2 nitrogen and oxygen atoms in total.